The predicted octanol–water partition coefficient (Wildman–Crippen LogP) is 2.54. The molecular weight excluding hydrogens is 344 g/mol. The highest BCUT2D eigenvalue weighted by molar-refractivity contribution is 5.93. The van der Waals surface area contributed by atoms with Gasteiger partial charge in [0, 0.05) is 25.1 Å². The van der Waals surface area contributed by atoms with Gasteiger partial charge in [-0.15, -0.1) is 0 Å². The van der Waals surface area contributed by atoms with Crippen LogP contribution in [0.5, 0.6) is 5.75 Å². The van der Waals surface area contributed by atoms with E-state index in [2.05, 4.69) is 15.4 Å². The van der Waals surface area contributed by atoms with Crippen molar-refractivity contribution in [1.82, 2.24) is 19.9 Å². The molecule has 0 radical (unpaired) electrons. The second-order valence-electron chi connectivity index (χ2n) is 6.20. The number of aliphatic hydroxyl groups is 1. The van der Waals surface area contributed by atoms with Gasteiger partial charge in [-0.1, -0.05) is 19.1 Å². The highest BCUT2D eigenvalue weighted by Crippen LogP contribution is 2.21. The summed E-state index contributed by atoms with van der Waals surface area (Å²) >= 11 is 0. The zero-order valence-electron chi connectivity index (χ0n) is 15.6. The molecule has 0 saturated heterocycles. The van der Waals surface area contributed by atoms with Crippen molar-refractivity contribution in [2.45, 2.75) is 32.7 Å². The molecule has 2 heterocycles. The highest BCUT2D eigenvalue weighted by Gasteiger charge is 2.17. The number of amides is 1. The summed E-state index contributed by atoms with van der Waals surface area (Å²) in [6, 6.07) is 9.28. The Morgan fingerprint density at radius 3 is 2.74 bits per heavy atom. The van der Waals surface area contributed by atoms with Gasteiger partial charge in [0.15, 0.2) is 11.3 Å². The molecule has 1 amide bonds. The average Bonchev–Trinajstić information content (AvgIpc) is 3.11. The van der Waals surface area contributed by atoms with Gasteiger partial charge in [0.2, 0.25) is 0 Å². The summed E-state index contributed by atoms with van der Waals surface area (Å²) in [6.45, 7) is 4.63. The molecule has 0 aliphatic carbocycles. The Balaban J connectivity index is 1.75. The van der Waals surface area contributed by atoms with E-state index < -0.39 is 0 Å². The van der Waals surface area contributed by atoms with E-state index in [1.807, 2.05) is 38.1 Å². The summed E-state index contributed by atoms with van der Waals surface area (Å²) in [5.74, 6) is 0.567. The van der Waals surface area contributed by atoms with Crippen LogP contribution in [0.2, 0.25) is 0 Å². The maximum atomic E-state index is 12.7. The fraction of sp³-hybridized carbons (Fsp3) is 0.350. The average molecular weight is 368 g/mol. The molecule has 7 heteroatoms. The molecule has 0 spiro atoms. The number of nitrogens with zero attached hydrogens (tertiary/aromatic N) is 3. The molecule has 3 aromatic rings. The highest BCUT2D eigenvalue weighted by atomic mass is 16.5. The monoisotopic (exact) mass is 368 g/mol. The first-order valence-corrected chi connectivity index (χ1v) is 9.13. The van der Waals surface area contributed by atoms with E-state index in [0.29, 0.717) is 24.4 Å². The predicted molar refractivity (Wildman–Crippen MR) is 102 cm³/mol. The van der Waals surface area contributed by atoms with Crippen molar-refractivity contribution in [3.8, 4) is 5.75 Å². The Hall–Kier alpha value is -2.93. The normalized spacial score (nSPS) is 12.1. The number of benzene rings is 1. The first-order valence-electron chi connectivity index (χ1n) is 9.13. The van der Waals surface area contributed by atoms with E-state index in [9.17, 15) is 4.79 Å². The molecule has 142 valence electrons. The van der Waals surface area contributed by atoms with Crippen molar-refractivity contribution in [2.24, 2.45) is 0 Å². The number of carbonyl (C=O) groups excluding carboxylic acids is 1. The molecule has 0 bridgehead atoms. The van der Waals surface area contributed by atoms with Crippen molar-refractivity contribution in [3.63, 3.8) is 0 Å². The van der Waals surface area contributed by atoms with Crippen LogP contribution in [-0.2, 0) is 6.42 Å². The van der Waals surface area contributed by atoms with E-state index >= 15 is 0 Å². The quantitative estimate of drug-likeness (QED) is 0.638. The van der Waals surface area contributed by atoms with Gasteiger partial charge < -0.3 is 15.2 Å². The summed E-state index contributed by atoms with van der Waals surface area (Å²) in [5.41, 5.74) is 2.78. The Kier molecular flexibility index (Phi) is 6.03. The van der Waals surface area contributed by atoms with Crippen molar-refractivity contribution >= 4 is 11.6 Å². The second-order valence-corrected chi connectivity index (χ2v) is 6.20. The molecule has 0 unspecified atom stereocenters. The summed E-state index contributed by atoms with van der Waals surface area (Å²) in [6.07, 6.45) is 4.72. The van der Waals surface area contributed by atoms with Gasteiger partial charge in [-0.2, -0.15) is 5.10 Å². The zero-order chi connectivity index (χ0) is 19.2. The van der Waals surface area contributed by atoms with Crippen LogP contribution < -0.4 is 10.1 Å². The minimum atomic E-state index is -0.245. The Labute approximate surface area is 158 Å². The molecule has 2 aromatic heterocycles. The minimum absolute atomic E-state index is 0.0437. The second kappa shape index (κ2) is 8.64. The van der Waals surface area contributed by atoms with Gasteiger partial charge in [0.1, 0.15) is 5.75 Å². The lowest BCUT2D eigenvalue weighted by Crippen LogP contribution is -2.28. The van der Waals surface area contributed by atoms with Crippen LogP contribution in [0.3, 0.4) is 0 Å². The lowest BCUT2D eigenvalue weighted by atomic mass is 10.0. The number of carbonyl (C=O) groups is 1. The van der Waals surface area contributed by atoms with E-state index in [1.165, 1.54) is 0 Å². The van der Waals surface area contributed by atoms with Crippen LogP contribution in [0.15, 0.2) is 42.7 Å². The van der Waals surface area contributed by atoms with Crippen LogP contribution in [0.25, 0.3) is 5.65 Å². The molecule has 2 N–H and O–H groups in total. The third kappa shape index (κ3) is 4.43. The minimum Gasteiger partial charge on any atom is -0.494 e. The van der Waals surface area contributed by atoms with E-state index in [4.69, 9.17) is 9.84 Å². The van der Waals surface area contributed by atoms with Crippen molar-refractivity contribution in [1.29, 1.82) is 0 Å². The van der Waals surface area contributed by atoms with Crippen LogP contribution >= 0.6 is 0 Å². The maximum absolute atomic E-state index is 12.7. The summed E-state index contributed by atoms with van der Waals surface area (Å²) in [7, 11) is 0. The van der Waals surface area contributed by atoms with Gasteiger partial charge in [0.25, 0.3) is 5.91 Å². The fourth-order valence-corrected chi connectivity index (χ4v) is 2.90. The number of fused-ring (bicyclic) bond motifs is 1. The molecule has 0 aliphatic heterocycles. The van der Waals surface area contributed by atoms with E-state index in [0.717, 1.165) is 23.3 Å². The third-order valence-corrected chi connectivity index (χ3v) is 4.31. The zero-order valence-corrected chi connectivity index (χ0v) is 15.6. The number of nitrogens with one attached hydrogen (secondary N) is 1. The molecule has 1 atom stereocenters. The maximum Gasteiger partial charge on any atom is 0.272 e. The molecule has 0 fully saturated rings. The smallest absolute Gasteiger partial charge is 0.272 e. The van der Waals surface area contributed by atoms with Gasteiger partial charge in [-0.25, -0.2) is 9.50 Å². The topological polar surface area (TPSA) is 88.8 Å². The van der Waals surface area contributed by atoms with Crippen molar-refractivity contribution < 1.29 is 14.6 Å². The standard InChI is InChI=1S/C20H24N4O3/c1-3-17(15-5-7-16(8-6-15)27-4-2)22-20(26)18-11-19-21-12-14(9-10-25)13-24(19)23-18/h5-8,11-13,17,25H,3-4,9-10H2,1-2H3,(H,22,26)/t17-/m0/s1. The molecule has 27 heavy (non-hydrogen) atoms. The lowest BCUT2D eigenvalue weighted by Gasteiger charge is -2.17. The molecule has 0 aliphatic rings. The number of ether oxygens (including phenoxy) is 1. The molecular formula is C20H24N4O3. The van der Waals surface area contributed by atoms with E-state index in [1.54, 1.807) is 23.0 Å². The van der Waals surface area contributed by atoms with Gasteiger partial charge in [0.05, 0.1) is 12.6 Å². The van der Waals surface area contributed by atoms with Gasteiger partial charge >= 0.3 is 0 Å². The lowest BCUT2D eigenvalue weighted by molar-refractivity contribution is 0.0930. The van der Waals surface area contributed by atoms with Crippen LogP contribution in [0.1, 0.15) is 47.9 Å². The third-order valence-electron chi connectivity index (χ3n) is 4.31. The van der Waals surface area contributed by atoms with E-state index in [-0.39, 0.29) is 18.6 Å². The number of rotatable bonds is 8. The first kappa shape index (κ1) is 18.8. The Morgan fingerprint density at radius 2 is 2.07 bits per heavy atom. The number of hydrogen-bond acceptors (Lipinski definition) is 5. The number of hydrogen-bond donors (Lipinski definition) is 2. The molecule has 0 saturated carbocycles. The molecule has 1 aromatic carbocycles. The molecule has 3 rings (SSSR count). The van der Waals surface area contributed by atoms with Crippen molar-refractivity contribution in [3.05, 3.63) is 59.5 Å². The first-order chi connectivity index (χ1) is 13.1. The SMILES string of the molecule is CCOc1ccc([C@H](CC)NC(=O)c2cc3ncc(CCO)cn3n2)cc1. The van der Waals surface area contributed by atoms with Crippen LogP contribution in [-0.4, -0.2) is 38.8 Å². The van der Waals surface area contributed by atoms with Crippen LogP contribution in [0, 0.1) is 0 Å². The number of aromatic nitrogens is 3. The summed E-state index contributed by atoms with van der Waals surface area (Å²) in [4.78, 5) is 16.9. The molecule has 7 nitrogen and oxygen atoms in total. The Morgan fingerprint density at radius 1 is 1.30 bits per heavy atom. The number of aliphatic hydroxyl groups excluding tert-OH is 1. The largest absolute Gasteiger partial charge is 0.494 e. The van der Waals surface area contributed by atoms with Crippen molar-refractivity contribution in [2.75, 3.05) is 13.2 Å². The van der Waals surface area contributed by atoms with Gasteiger partial charge in [-0.3, -0.25) is 4.79 Å². The Bertz CT molecular complexity index is 905. The summed E-state index contributed by atoms with van der Waals surface area (Å²) in [5, 5.41) is 16.4. The fourth-order valence-electron chi connectivity index (χ4n) is 2.90. The summed E-state index contributed by atoms with van der Waals surface area (Å²) < 4.78 is 7.03. The van der Waals surface area contributed by atoms with Crippen LogP contribution in [0.4, 0.5) is 0 Å². The van der Waals surface area contributed by atoms with Gasteiger partial charge in [-0.05, 0) is 43.0 Å².